The second kappa shape index (κ2) is 6.50. The molecule has 0 fully saturated rings. The van der Waals surface area contributed by atoms with Crippen molar-refractivity contribution in [3.8, 4) is 0 Å². The Morgan fingerprint density at radius 1 is 1.11 bits per heavy atom. The van der Waals surface area contributed by atoms with Crippen LogP contribution in [0.25, 0.3) is 21.7 Å². The maximum Gasteiger partial charge on any atom is 0.256 e. The molecular formula is C22H23BN4O. The van der Waals surface area contributed by atoms with Gasteiger partial charge in [-0.1, -0.05) is 29.7 Å². The molecule has 0 saturated carbocycles. The summed E-state index contributed by atoms with van der Waals surface area (Å²) in [6.45, 7) is 6.00. The molecule has 2 heterocycles. The molecule has 2 aromatic heterocycles. The van der Waals surface area contributed by atoms with Crippen molar-refractivity contribution in [2.24, 2.45) is 5.73 Å². The van der Waals surface area contributed by atoms with Crippen LogP contribution in [0.3, 0.4) is 0 Å². The number of rotatable bonds is 3. The summed E-state index contributed by atoms with van der Waals surface area (Å²) in [7, 11) is 2.01. The number of nitrogens with zero attached hydrogens (tertiary/aromatic N) is 1. The Labute approximate surface area is 164 Å². The first-order valence-electron chi connectivity index (χ1n) is 9.33. The Bertz CT molecular complexity index is 1270. The summed E-state index contributed by atoms with van der Waals surface area (Å²) in [5.41, 5.74) is 10.6. The van der Waals surface area contributed by atoms with Gasteiger partial charge in [-0.05, 0) is 50.1 Å². The van der Waals surface area contributed by atoms with E-state index in [4.69, 9.17) is 10.7 Å². The van der Waals surface area contributed by atoms with Crippen molar-refractivity contribution in [3.63, 3.8) is 0 Å². The van der Waals surface area contributed by atoms with E-state index in [0.717, 1.165) is 38.6 Å². The molecule has 0 aliphatic rings. The fourth-order valence-corrected chi connectivity index (χ4v) is 3.45. The van der Waals surface area contributed by atoms with E-state index in [-0.39, 0.29) is 5.56 Å². The fraction of sp³-hybridized carbons (Fsp3) is 0.182. The second-order valence-electron chi connectivity index (χ2n) is 7.95. The average Bonchev–Trinajstić information content (AvgIpc) is 2.63. The van der Waals surface area contributed by atoms with Crippen LogP contribution in [0, 0.1) is 6.92 Å². The van der Waals surface area contributed by atoms with Crippen LogP contribution in [0.2, 0.25) is 0 Å². The van der Waals surface area contributed by atoms with Gasteiger partial charge in [0.2, 0.25) is 0 Å². The summed E-state index contributed by atoms with van der Waals surface area (Å²) < 4.78 is 0. The number of aromatic nitrogens is 2. The summed E-state index contributed by atoms with van der Waals surface area (Å²) >= 11 is 0. The minimum Gasteiger partial charge on any atom is -0.339 e. The largest absolute Gasteiger partial charge is 0.339 e. The van der Waals surface area contributed by atoms with E-state index in [9.17, 15) is 4.79 Å². The fourth-order valence-electron chi connectivity index (χ4n) is 3.45. The van der Waals surface area contributed by atoms with Crippen LogP contribution in [0.5, 0.6) is 0 Å². The number of hydrogen-bond donors (Lipinski definition) is 3. The minimum atomic E-state index is -0.447. The lowest BCUT2D eigenvalue weighted by Gasteiger charge is -2.21. The van der Waals surface area contributed by atoms with Crippen LogP contribution in [-0.2, 0) is 5.54 Å². The zero-order valence-electron chi connectivity index (χ0n) is 16.6. The van der Waals surface area contributed by atoms with Crippen molar-refractivity contribution in [1.82, 2.24) is 9.97 Å². The molecule has 2 aromatic carbocycles. The number of nitrogens with one attached hydrogen (secondary N) is 2. The van der Waals surface area contributed by atoms with Crippen LogP contribution >= 0.6 is 0 Å². The summed E-state index contributed by atoms with van der Waals surface area (Å²) in [6, 6.07) is 14.0. The first-order chi connectivity index (χ1) is 13.2. The van der Waals surface area contributed by atoms with E-state index in [1.807, 2.05) is 65.0 Å². The van der Waals surface area contributed by atoms with Crippen LogP contribution < -0.4 is 22.1 Å². The van der Waals surface area contributed by atoms with Gasteiger partial charge in [-0.3, -0.25) is 4.79 Å². The normalized spacial score (nSPS) is 11.9. The van der Waals surface area contributed by atoms with Gasteiger partial charge in [0, 0.05) is 28.2 Å². The standard InChI is InChI=1S/C22H23BN4O/c1-12-4-5-13(22(2,3)24)10-18(12)27-20-15-8-9-25-21(28)19(15)16-11-14(23)6-7-17(16)26-20/h4-11H,23-24H2,1-3H3,(H,25,28)(H,26,27). The van der Waals surface area contributed by atoms with E-state index in [1.165, 1.54) is 0 Å². The Morgan fingerprint density at radius 2 is 1.89 bits per heavy atom. The van der Waals surface area contributed by atoms with E-state index >= 15 is 0 Å². The van der Waals surface area contributed by atoms with Crippen LogP contribution in [0.4, 0.5) is 11.5 Å². The lowest BCUT2D eigenvalue weighted by Crippen LogP contribution is -2.28. The highest BCUT2D eigenvalue weighted by Crippen LogP contribution is 2.31. The molecule has 0 bridgehead atoms. The molecule has 28 heavy (non-hydrogen) atoms. The molecule has 0 spiro atoms. The molecule has 5 nitrogen and oxygen atoms in total. The molecule has 4 aromatic rings. The quantitative estimate of drug-likeness (QED) is 0.382. The van der Waals surface area contributed by atoms with Gasteiger partial charge in [0.15, 0.2) is 0 Å². The van der Waals surface area contributed by atoms with Gasteiger partial charge in [-0.2, -0.15) is 0 Å². The van der Waals surface area contributed by atoms with Gasteiger partial charge in [-0.15, -0.1) is 0 Å². The highest BCUT2D eigenvalue weighted by molar-refractivity contribution is 6.33. The van der Waals surface area contributed by atoms with E-state index in [2.05, 4.69) is 16.4 Å². The number of fused-ring (bicyclic) bond motifs is 3. The molecule has 0 radical (unpaired) electrons. The average molecular weight is 370 g/mol. The van der Waals surface area contributed by atoms with Gasteiger partial charge in [-0.25, -0.2) is 4.98 Å². The molecule has 0 aliphatic carbocycles. The highest BCUT2D eigenvalue weighted by Gasteiger charge is 2.17. The van der Waals surface area contributed by atoms with E-state index in [0.29, 0.717) is 11.2 Å². The third-order valence-electron chi connectivity index (χ3n) is 5.10. The molecule has 140 valence electrons. The number of H-pyrrole nitrogens is 1. The van der Waals surface area contributed by atoms with E-state index < -0.39 is 5.54 Å². The highest BCUT2D eigenvalue weighted by atomic mass is 16.1. The van der Waals surface area contributed by atoms with Crippen molar-refractivity contribution in [2.75, 3.05) is 5.32 Å². The first kappa shape index (κ1) is 18.3. The third-order valence-corrected chi connectivity index (χ3v) is 5.10. The van der Waals surface area contributed by atoms with Crippen molar-refractivity contribution in [3.05, 3.63) is 70.1 Å². The summed E-state index contributed by atoms with van der Waals surface area (Å²) in [6.07, 6.45) is 1.66. The van der Waals surface area contributed by atoms with Crippen molar-refractivity contribution in [2.45, 2.75) is 26.3 Å². The number of aromatic amines is 1. The van der Waals surface area contributed by atoms with Crippen LogP contribution in [-0.4, -0.2) is 17.8 Å². The molecule has 0 amide bonds. The van der Waals surface area contributed by atoms with Gasteiger partial charge in [0.05, 0.1) is 10.9 Å². The maximum absolute atomic E-state index is 12.6. The Hall–Kier alpha value is -3.12. The SMILES string of the molecule is Bc1ccc2nc(Nc3cc(C(C)(C)N)ccc3C)c3cc[nH]c(=O)c3c2c1. The molecule has 0 saturated heterocycles. The topological polar surface area (TPSA) is 83.8 Å². The predicted octanol–water partition coefficient (Wildman–Crippen LogP) is 2.58. The van der Waals surface area contributed by atoms with Crippen LogP contribution in [0.15, 0.2) is 53.5 Å². The predicted molar refractivity (Wildman–Crippen MR) is 120 cm³/mol. The van der Waals surface area contributed by atoms with E-state index in [1.54, 1.807) is 6.20 Å². The number of benzene rings is 2. The smallest absolute Gasteiger partial charge is 0.256 e. The molecule has 0 atom stereocenters. The van der Waals surface area contributed by atoms with Crippen molar-refractivity contribution < 1.29 is 0 Å². The Balaban J connectivity index is 1.96. The molecule has 0 aliphatic heterocycles. The number of anilines is 2. The number of aryl methyl sites for hydroxylation is 1. The van der Waals surface area contributed by atoms with Gasteiger partial charge in [0.25, 0.3) is 5.56 Å². The lowest BCUT2D eigenvalue weighted by molar-refractivity contribution is 0.554. The third kappa shape index (κ3) is 3.16. The Kier molecular flexibility index (Phi) is 4.24. The minimum absolute atomic E-state index is 0.118. The number of hydrogen-bond acceptors (Lipinski definition) is 4. The molecule has 0 unspecified atom stereocenters. The monoisotopic (exact) mass is 370 g/mol. The summed E-state index contributed by atoms with van der Waals surface area (Å²) in [5.74, 6) is 0.660. The maximum atomic E-state index is 12.6. The molecule has 6 heteroatoms. The lowest BCUT2D eigenvalue weighted by atomic mass is 9.93. The zero-order valence-corrected chi connectivity index (χ0v) is 16.6. The molecule has 4 rings (SSSR count). The first-order valence-corrected chi connectivity index (χ1v) is 9.33. The zero-order chi connectivity index (χ0) is 20.1. The second-order valence-corrected chi connectivity index (χ2v) is 7.95. The van der Waals surface area contributed by atoms with Crippen molar-refractivity contribution in [1.29, 1.82) is 0 Å². The van der Waals surface area contributed by atoms with Gasteiger partial charge >= 0.3 is 0 Å². The number of pyridine rings is 2. The number of nitrogens with two attached hydrogens (primary N) is 1. The van der Waals surface area contributed by atoms with Gasteiger partial charge < -0.3 is 16.0 Å². The summed E-state index contributed by atoms with van der Waals surface area (Å²) in [5, 5.41) is 5.74. The summed E-state index contributed by atoms with van der Waals surface area (Å²) in [4.78, 5) is 20.2. The molecular weight excluding hydrogens is 347 g/mol. The Morgan fingerprint density at radius 3 is 2.64 bits per heavy atom. The van der Waals surface area contributed by atoms with Crippen molar-refractivity contribution >= 4 is 46.5 Å². The van der Waals surface area contributed by atoms with Gasteiger partial charge in [0.1, 0.15) is 13.7 Å². The van der Waals surface area contributed by atoms with Crippen LogP contribution in [0.1, 0.15) is 25.0 Å². The molecule has 4 N–H and O–H groups in total.